The lowest BCUT2D eigenvalue weighted by molar-refractivity contribution is -0.120. The van der Waals surface area contributed by atoms with Crippen LogP contribution in [0.3, 0.4) is 0 Å². The third kappa shape index (κ3) is 5.94. The molecule has 2 rings (SSSR count). The molecular formula is C9H16N2O6S. The Labute approximate surface area is 105 Å². The predicted octanol–water partition coefficient (Wildman–Crippen LogP) is -2.28. The minimum absolute atomic E-state index is 0.0486. The van der Waals surface area contributed by atoms with E-state index in [1.165, 1.54) is 0 Å². The Kier molecular flexibility index (Phi) is 5.05. The van der Waals surface area contributed by atoms with Crippen molar-refractivity contribution in [3.8, 4) is 0 Å². The number of rotatable bonds is 2. The first-order valence-corrected chi connectivity index (χ1v) is 7.17. The number of carbonyl (C=O) groups is 2. The van der Waals surface area contributed by atoms with Crippen LogP contribution in [0.4, 0.5) is 0 Å². The summed E-state index contributed by atoms with van der Waals surface area (Å²) in [6.07, 6.45) is 0.424. The zero-order chi connectivity index (χ0) is 13.8. The quantitative estimate of drug-likeness (QED) is 0.490. The lowest BCUT2D eigenvalue weighted by Gasteiger charge is -2.04. The number of nitrogens with one attached hydrogen (secondary N) is 2. The molecule has 3 N–H and O–H groups in total. The Morgan fingerprint density at radius 1 is 1.17 bits per heavy atom. The second-order valence-electron chi connectivity index (χ2n) is 4.09. The molecule has 9 heteroatoms. The van der Waals surface area contributed by atoms with Crippen LogP contribution in [0.15, 0.2) is 0 Å². The average molecular weight is 280 g/mol. The molecule has 0 aromatic rings. The Hall–Kier alpha value is -1.19. The van der Waals surface area contributed by atoms with Crippen LogP contribution < -0.4 is 10.6 Å². The van der Waals surface area contributed by atoms with E-state index in [2.05, 4.69) is 14.8 Å². The molecule has 2 fully saturated rings. The highest BCUT2D eigenvalue weighted by Crippen LogP contribution is 2.06. The van der Waals surface area contributed by atoms with Crippen molar-refractivity contribution < 1.29 is 27.3 Å². The second kappa shape index (κ2) is 6.12. The van der Waals surface area contributed by atoms with Crippen molar-refractivity contribution in [1.82, 2.24) is 10.6 Å². The van der Waals surface area contributed by atoms with Gasteiger partial charge >= 0.3 is 0 Å². The molecule has 2 amide bonds. The topological polar surface area (TPSA) is 122 Å². The maximum atomic E-state index is 10.6. The highest BCUT2D eigenvalue weighted by molar-refractivity contribution is 7.86. The van der Waals surface area contributed by atoms with E-state index in [0.29, 0.717) is 6.54 Å². The molecule has 0 bridgehead atoms. The number of aliphatic hydroxyl groups excluding tert-OH is 1. The van der Waals surface area contributed by atoms with E-state index in [1.807, 2.05) is 0 Å². The molecule has 104 valence electrons. The molecule has 0 aliphatic carbocycles. The fourth-order valence-electron chi connectivity index (χ4n) is 1.48. The van der Waals surface area contributed by atoms with E-state index in [4.69, 9.17) is 5.11 Å². The van der Waals surface area contributed by atoms with Crippen LogP contribution in [-0.2, 0) is 23.9 Å². The molecule has 0 aromatic carbocycles. The van der Waals surface area contributed by atoms with E-state index in [-0.39, 0.29) is 31.2 Å². The summed E-state index contributed by atoms with van der Waals surface area (Å²) in [4.78, 5) is 20.7. The molecular weight excluding hydrogens is 264 g/mol. The summed E-state index contributed by atoms with van der Waals surface area (Å²) in [6.45, 7) is 0.713. The first-order chi connectivity index (χ1) is 8.26. The number of β-amino-alcohol motifs (C(OH)–C–C–N with tert-alkyl or cyclic N) is 1. The number of hydrogen-bond acceptors (Lipinski definition) is 6. The Morgan fingerprint density at radius 2 is 1.72 bits per heavy atom. The van der Waals surface area contributed by atoms with Crippen molar-refractivity contribution >= 4 is 21.9 Å². The van der Waals surface area contributed by atoms with Gasteiger partial charge in [0.15, 0.2) is 0 Å². The lowest BCUT2D eigenvalue weighted by Crippen LogP contribution is -2.20. The Bertz CT molecular complexity index is 421. The van der Waals surface area contributed by atoms with Gasteiger partial charge in [0.2, 0.25) is 11.8 Å². The van der Waals surface area contributed by atoms with Crippen LogP contribution in [0.1, 0.15) is 12.8 Å². The standard InChI is InChI=1S/C5H9NO4S.C4H7NO2/c1-11(8,9)10-4-2-5(7)6-3-4;6-3-1-4(7)5-2-3/h4H,2-3H2,1H3,(H,6,7);3,6H,1-2H2,(H,5,7)/t4-;3-/m00/s1. The van der Waals surface area contributed by atoms with Crippen LogP contribution in [-0.4, -0.2) is 56.9 Å². The van der Waals surface area contributed by atoms with Crippen molar-refractivity contribution in [2.75, 3.05) is 19.3 Å². The molecule has 2 heterocycles. The third-order valence-electron chi connectivity index (χ3n) is 2.21. The molecule has 2 aliphatic rings. The molecule has 2 aliphatic heterocycles. The van der Waals surface area contributed by atoms with Crippen molar-refractivity contribution in [2.24, 2.45) is 0 Å². The zero-order valence-corrected chi connectivity index (χ0v) is 10.7. The average Bonchev–Trinajstić information content (AvgIpc) is 2.74. The highest BCUT2D eigenvalue weighted by atomic mass is 32.2. The lowest BCUT2D eigenvalue weighted by atomic mass is 10.3. The smallest absolute Gasteiger partial charge is 0.264 e. The maximum Gasteiger partial charge on any atom is 0.264 e. The van der Waals surface area contributed by atoms with Gasteiger partial charge in [-0.05, 0) is 0 Å². The second-order valence-corrected chi connectivity index (χ2v) is 5.69. The summed E-state index contributed by atoms with van der Waals surface area (Å²) in [5.41, 5.74) is 0. The first-order valence-electron chi connectivity index (χ1n) is 5.36. The minimum Gasteiger partial charge on any atom is -0.391 e. The number of hydrogen-bond donors (Lipinski definition) is 3. The van der Waals surface area contributed by atoms with Crippen molar-refractivity contribution in [3.63, 3.8) is 0 Å². The van der Waals surface area contributed by atoms with Gasteiger partial charge in [0, 0.05) is 13.1 Å². The summed E-state index contributed by atoms with van der Waals surface area (Å²) in [7, 11) is -3.42. The van der Waals surface area contributed by atoms with E-state index in [9.17, 15) is 18.0 Å². The highest BCUT2D eigenvalue weighted by Gasteiger charge is 2.25. The Morgan fingerprint density at radius 3 is 2.00 bits per heavy atom. The van der Waals surface area contributed by atoms with E-state index < -0.39 is 22.3 Å². The van der Waals surface area contributed by atoms with Crippen LogP contribution in [0.2, 0.25) is 0 Å². The van der Waals surface area contributed by atoms with Crippen molar-refractivity contribution in [2.45, 2.75) is 25.0 Å². The summed E-state index contributed by atoms with van der Waals surface area (Å²) >= 11 is 0. The van der Waals surface area contributed by atoms with Gasteiger partial charge in [-0.3, -0.25) is 13.8 Å². The van der Waals surface area contributed by atoms with Crippen LogP contribution in [0.5, 0.6) is 0 Å². The Balaban J connectivity index is 0.000000199. The van der Waals surface area contributed by atoms with Crippen LogP contribution in [0.25, 0.3) is 0 Å². The number of amides is 2. The molecule has 2 saturated heterocycles. The zero-order valence-electron chi connectivity index (χ0n) is 9.88. The number of aliphatic hydroxyl groups is 1. The van der Waals surface area contributed by atoms with Gasteiger partial charge in [-0.2, -0.15) is 8.42 Å². The molecule has 2 atom stereocenters. The van der Waals surface area contributed by atoms with Gasteiger partial charge in [-0.25, -0.2) is 0 Å². The summed E-state index contributed by atoms with van der Waals surface area (Å²) in [6, 6.07) is 0. The van der Waals surface area contributed by atoms with E-state index in [0.717, 1.165) is 6.26 Å². The van der Waals surface area contributed by atoms with Gasteiger partial charge in [0.1, 0.15) is 6.10 Å². The normalized spacial score (nSPS) is 27.2. The van der Waals surface area contributed by atoms with Crippen molar-refractivity contribution in [3.05, 3.63) is 0 Å². The summed E-state index contributed by atoms with van der Waals surface area (Å²) < 4.78 is 25.6. The fourth-order valence-corrected chi connectivity index (χ4v) is 2.11. The predicted molar refractivity (Wildman–Crippen MR) is 61.0 cm³/mol. The number of carbonyl (C=O) groups excluding carboxylic acids is 2. The van der Waals surface area contributed by atoms with Gasteiger partial charge in [0.25, 0.3) is 10.1 Å². The van der Waals surface area contributed by atoms with E-state index >= 15 is 0 Å². The van der Waals surface area contributed by atoms with Gasteiger partial charge in [-0.1, -0.05) is 0 Å². The summed E-state index contributed by atoms with van der Waals surface area (Å²) in [5, 5.41) is 13.6. The SMILES string of the molecule is CS(=O)(=O)O[C@@H]1CNC(=O)C1.O=C1C[C@H](O)CN1. The first kappa shape index (κ1) is 14.9. The molecule has 0 spiro atoms. The monoisotopic (exact) mass is 280 g/mol. The molecule has 18 heavy (non-hydrogen) atoms. The molecule has 0 saturated carbocycles. The maximum absolute atomic E-state index is 10.6. The van der Waals surface area contributed by atoms with Crippen molar-refractivity contribution in [1.29, 1.82) is 0 Å². The fraction of sp³-hybridized carbons (Fsp3) is 0.778. The van der Waals surface area contributed by atoms with Gasteiger partial charge in [-0.15, -0.1) is 0 Å². The largest absolute Gasteiger partial charge is 0.391 e. The van der Waals surface area contributed by atoms with Crippen LogP contribution in [0, 0.1) is 0 Å². The third-order valence-corrected chi connectivity index (χ3v) is 2.83. The summed E-state index contributed by atoms with van der Waals surface area (Å²) in [5.74, 6) is -0.217. The van der Waals surface area contributed by atoms with Crippen LogP contribution >= 0.6 is 0 Å². The molecule has 0 radical (unpaired) electrons. The van der Waals surface area contributed by atoms with E-state index in [1.54, 1.807) is 0 Å². The van der Waals surface area contributed by atoms with Gasteiger partial charge < -0.3 is 15.7 Å². The molecule has 0 aromatic heterocycles. The molecule has 0 unspecified atom stereocenters. The minimum atomic E-state index is -3.42. The molecule has 8 nitrogen and oxygen atoms in total. The van der Waals surface area contributed by atoms with Gasteiger partial charge in [0.05, 0.1) is 25.2 Å².